The molecule has 0 radical (unpaired) electrons. The van der Waals surface area contributed by atoms with Gasteiger partial charge in [0.2, 0.25) is 5.91 Å². The van der Waals surface area contributed by atoms with Crippen molar-refractivity contribution in [2.45, 2.75) is 17.5 Å². The van der Waals surface area contributed by atoms with Crippen molar-refractivity contribution >= 4 is 29.0 Å². The molecule has 1 saturated heterocycles. The molecule has 2 rings (SSSR count). The van der Waals surface area contributed by atoms with Gasteiger partial charge in [0.05, 0.1) is 15.5 Å². The molecule has 1 aliphatic heterocycles. The highest BCUT2D eigenvalue weighted by molar-refractivity contribution is 8.01. The molecule has 6 nitrogen and oxygen atoms in total. The molecule has 1 aromatic carbocycles. The van der Waals surface area contributed by atoms with Crippen molar-refractivity contribution < 1.29 is 9.72 Å². The summed E-state index contributed by atoms with van der Waals surface area (Å²) in [5.74, 6) is -0.0781. The third-order valence-electron chi connectivity index (χ3n) is 2.60. The first-order valence-electron chi connectivity index (χ1n) is 5.50. The maximum atomic E-state index is 11.9. The average molecular weight is 267 g/mol. The molecule has 2 atom stereocenters. The van der Waals surface area contributed by atoms with Gasteiger partial charge in [-0.1, -0.05) is 0 Å². The molecule has 0 unspecified atom stereocenters. The third kappa shape index (κ3) is 2.99. The highest BCUT2D eigenvalue weighted by Gasteiger charge is 2.27. The number of benzene rings is 1. The molecule has 1 amide bonds. The summed E-state index contributed by atoms with van der Waals surface area (Å²) in [4.78, 5) is 21.9. The van der Waals surface area contributed by atoms with Crippen LogP contribution in [0.3, 0.4) is 0 Å². The number of nitro benzene ring substituents is 1. The van der Waals surface area contributed by atoms with Crippen LogP contribution >= 0.6 is 11.8 Å². The quantitative estimate of drug-likeness (QED) is 0.641. The van der Waals surface area contributed by atoms with E-state index < -0.39 is 4.92 Å². The van der Waals surface area contributed by atoms with E-state index in [0.717, 1.165) is 0 Å². The molecule has 0 bridgehead atoms. The minimum atomic E-state index is -0.468. The molecular weight excluding hydrogens is 254 g/mol. The molecule has 2 N–H and O–H groups in total. The molecule has 1 aliphatic rings. The Labute approximate surface area is 108 Å². The largest absolute Gasteiger partial charge is 0.325 e. The fourth-order valence-corrected chi connectivity index (χ4v) is 2.72. The second-order valence-corrected chi connectivity index (χ2v) is 5.52. The summed E-state index contributed by atoms with van der Waals surface area (Å²) in [6.07, 6.45) is 0. The van der Waals surface area contributed by atoms with Gasteiger partial charge >= 0.3 is 0 Å². The molecule has 1 fully saturated rings. The lowest BCUT2D eigenvalue weighted by Crippen LogP contribution is -2.28. The van der Waals surface area contributed by atoms with Gasteiger partial charge in [-0.2, -0.15) is 0 Å². The zero-order valence-corrected chi connectivity index (χ0v) is 10.6. The van der Waals surface area contributed by atoms with E-state index >= 15 is 0 Å². The van der Waals surface area contributed by atoms with Crippen LogP contribution in [0, 0.1) is 10.1 Å². The topological polar surface area (TPSA) is 84.3 Å². The Bertz CT molecular complexity index is 463. The normalized spacial score (nSPS) is 22.7. The molecule has 0 saturated carbocycles. The first-order valence-corrected chi connectivity index (χ1v) is 6.44. The Kier molecular flexibility index (Phi) is 3.83. The highest BCUT2D eigenvalue weighted by Crippen LogP contribution is 2.23. The lowest BCUT2D eigenvalue weighted by molar-refractivity contribution is -0.384. The molecular formula is C11H13N3O3S. The predicted molar refractivity (Wildman–Crippen MR) is 70.6 cm³/mol. The number of thioether (sulfide) groups is 1. The number of non-ortho nitro benzene ring substituents is 1. The average Bonchev–Trinajstić information content (AvgIpc) is 2.76. The number of amides is 1. The van der Waals surface area contributed by atoms with Crippen LogP contribution in [-0.2, 0) is 4.79 Å². The van der Waals surface area contributed by atoms with Crippen molar-refractivity contribution in [2.75, 3.05) is 11.9 Å². The molecule has 18 heavy (non-hydrogen) atoms. The smallest absolute Gasteiger partial charge is 0.269 e. The number of hydrogen-bond donors (Lipinski definition) is 2. The number of hydrogen-bond acceptors (Lipinski definition) is 5. The second-order valence-electron chi connectivity index (χ2n) is 3.97. The van der Waals surface area contributed by atoms with Gasteiger partial charge in [0.15, 0.2) is 0 Å². The molecule has 7 heteroatoms. The second kappa shape index (κ2) is 5.36. The van der Waals surface area contributed by atoms with Crippen molar-refractivity contribution in [1.82, 2.24) is 5.32 Å². The van der Waals surface area contributed by atoms with E-state index in [2.05, 4.69) is 10.6 Å². The van der Waals surface area contributed by atoms with Gasteiger partial charge in [0.25, 0.3) is 5.69 Å². The minimum absolute atomic E-state index is 0.0125. The van der Waals surface area contributed by atoms with Crippen LogP contribution in [0.5, 0.6) is 0 Å². The van der Waals surface area contributed by atoms with Crippen LogP contribution in [0.15, 0.2) is 24.3 Å². The number of nitro groups is 1. The number of nitrogens with zero attached hydrogens (tertiary/aromatic N) is 1. The molecule has 1 aromatic rings. The van der Waals surface area contributed by atoms with Gasteiger partial charge < -0.3 is 10.6 Å². The summed E-state index contributed by atoms with van der Waals surface area (Å²) in [7, 11) is 0. The standard InChI is InChI=1S/C11H13N3O3S/c1-7-12-6-10(18-7)11(15)13-8-2-4-9(5-3-8)14(16)17/h2-5,7,10,12H,6H2,1H3,(H,13,15)/t7-,10+/m0/s1. The van der Waals surface area contributed by atoms with Gasteiger partial charge in [0, 0.05) is 24.4 Å². The van der Waals surface area contributed by atoms with Crippen LogP contribution in [0.25, 0.3) is 0 Å². The van der Waals surface area contributed by atoms with E-state index in [4.69, 9.17) is 0 Å². The van der Waals surface area contributed by atoms with Crippen molar-refractivity contribution in [3.63, 3.8) is 0 Å². The van der Waals surface area contributed by atoms with E-state index in [0.29, 0.717) is 12.2 Å². The third-order valence-corrected chi connectivity index (χ3v) is 3.88. The van der Waals surface area contributed by atoms with E-state index in [1.807, 2.05) is 6.92 Å². The SMILES string of the molecule is C[C@H]1NC[C@H](C(=O)Nc2ccc([N+](=O)[O-])cc2)S1. The molecule has 96 valence electrons. The van der Waals surface area contributed by atoms with Crippen molar-refractivity contribution in [3.8, 4) is 0 Å². The Morgan fingerprint density at radius 1 is 1.50 bits per heavy atom. The van der Waals surface area contributed by atoms with E-state index in [1.54, 1.807) is 11.8 Å². The van der Waals surface area contributed by atoms with E-state index in [9.17, 15) is 14.9 Å². The minimum Gasteiger partial charge on any atom is -0.325 e. The van der Waals surface area contributed by atoms with Crippen molar-refractivity contribution in [3.05, 3.63) is 34.4 Å². The van der Waals surface area contributed by atoms with Crippen LogP contribution in [0.1, 0.15) is 6.92 Å². The van der Waals surface area contributed by atoms with Gasteiger partial charge in [0.1, 0.15) is 0 Å². The van der Waals surface area contributed by atoms with Crippen molar-refractivity contribution in [2.24, 2.45) is 0 Å². The lowest BCUT2D eigenvalue weighted by atomic mass is 10.2. The summed E-state index contributed by atoms with van der Waals surface area (Å²) >= 11 is 1.57. The summed E-state index contributed by atoms with van der Waals surface area (Å²) in [6, 6.07) is 5.82. The lowest BCUT2D eigenvalue weighted by Gasteiger charge is -2.09. The van der Waals surface area contributed by atoms with E-state index in [1.165, 1.54) is 24.3 Å². The molecule has 0 aromatic heterocycles. The first kappa shape index (κ1) is 12.8. The fourth-order valence-electron chi connectivity index (χ4n) is 1.66. The summed E-state index contributed by atoms with van der Waals surface area (Å²) in [5.41, 5.74) is 0.587. The van der Waals surface area contributed by atoms with Crippen LogP contribution in [-0.4, -0.2) is 28.0 Å². The number of carbonyl (C=O) groups is 1. The van der Waals surface area contributed by atoms with Crippen molar-refractivity contribution in [1.29, 1.82) is 0 Å². The van der Waals surface area contributed by atoms with Gasteiger partial charge in [-0.25, -0.2) is 0 Å². The zero-order chi connectivity index (χ0) is 13.1. The number of anilines is 1. The maximum Gasteiger partial charge on any atom is 0.269 e. The van der Waals surface area contributed by atoms with Crippen LogP contribution in [0.4, 0.5) is 11.4 Å². The molecule has 0 aliphatic carbocycles. The first-order chi connectivity index (χ1) is 8.56. The summed E-state index contributed by atoms with van der Waals surface area (Å²) < 4.78 is 0. The maximum absolute atomic E-state index is 11.9. The number of rotatable bonds is 3. The van der Waals surface area contributed by atoms with Gasteiger partial charge in [-0.05, 0) is 19.1 Å². The fraction of sp³-hybridized carbons (Fsp3) is 0.364. The van der Waals surface area contributed by atoms with Crippen LogP contribution in [0.2, 0.25) is 0 Å². The highest BCUT2D eigenvalue weighted by atomic mass is 32.2. The zero-order valence-electron chi connectivity index (χ0n) is 9.75. The number of carbonyl (C=O) groups excluding carboxylic acids is 1. The monoisotopic (exact) mass is 267 g/mol. The molecule has 0 spiro atoms. The predicted octanol–water partition coefficient (Wildman–Crippen LogP) is 1.58. The van der Waals surface area contributed by atoms with Crippen LogP contribution < -0.4 is 10.6 Å². The van der Waals surface area contributed by atoms with Gasteiger partial charge in [-0.15, -0.1) is 11.8 Å². The van der Waals surface area contributed by atoms with E-state index in [-0.39, 0.29) is 22.2 Å². The van der Waals surface area contributed by atoms with Gasteiger partial charge in [-0.3, -0.25) is 14.9 Å². The Balaban J connectivity index is 1.97. The Hall–Kier alpha value is -1.60. The summed E-state index contributed by atoms with van der Waals surface area (Å²) in [5, 5.41) is 16.6. The number of nitrogens with one attached hydrogen (secondary N) is 2. The Morgan fingerprint density at radius 2 is 2.17 bits per heavy atom. The Morgan fingerprint density at radius 3 is 2.67 bits per heavy atom. The summed E-state index contributed by atoms with van der Waals surface area (Å²) in [6.45, 7) is 2.65. The molecule has 1 heterocycles.